The molecule has 2 aromatic heterocycles. The summed E-state index contributed by atoms with van der Waals surface area (Å²) < 4.78 is 25.2. The van der Waals surface area contributed by atoms with Gasteiger partial charge in [0.05, 0.1) is 13.0 Å². The Morgan fingerprint density at radius 3 is 2.44 bits per heavy atom. The SMILES string of the molecule is Cc1oc(=O)oc1COC(=O)CCC(=O)NCc1ccc(C(=O)Oc2ccc3cc(C(=N)N)ccc3c2)o1.Cl. The van der Waals surface area contributed by atoms with Crippen LogP contribution in [0.25, 0.3) is 10.8 Å². The third-order valence-corrected chi connectivity index (χ3v) is 5.41. The van der Waals surface area contributed by atoms with E-state index in [2.05, 4.69) is 9.73 Å². The molecule has 0 aliphatic carbocycles. The molecule has 0 saturated heterocycles. The maximum absolute atomic E-state index is 12.5. The Bertz CT molecular complexity index is 1580. The molecule has 13 heteroatoms. The number of fused-ring (bicyclic) bond motifs is 1. The lowest BCUT2D eigenvalue weighted by molar-refractivity contribution is -0.146. The van der Waals surface area contributed by atoms with Gasteiger partial charge < -0.3 is 33.8 Å². The number of benzene rings is 2. The zero-order valence-electron chi connectivity index (χ0n) is 20.6. The highest BCUT2D eigenvalue weighted by Gasteiger charge is 2.16. The molecule has 2 heterocycles. The van der Waals surface area contributed by atoms with Gasteiger partial charge in [-0.2, -0.15) is 0 Å². The van der Waals surface area contributed by atoms with Gasteiger partial charge >= 0.3 is 17.8 Å². The second kappa shape index (κ2) is 12.6. The smallest absolute Gasteiger partial charge is 0.457 e. The predicted molar refractivity (Wildman–Crippen MR) is 139 cm³/mol. The summed E-state index contributed by atoms with van der Waals surface area (Å²) in [6.07, 6.45) is -0.330. The third kappa shape index (κ3) is 7.58. The number of rotatable bonds is 10. The molecule has 0 spiro atoms. The Kier molecular flexibility index (Phi) is 9.29. The van der Waals surface area contributed by atoms with Gasteiger partial charge in [0.2, 0.25) is 11.7 Å². The van der Waals surface area contributed by atoms with Gasteiger partial charge in [-0.3, -0.25) is 15.0 Å². The van der Waals surface area contributed by atoms with Crippen molar-refractivity contribution in [1.29, 1.82) is 5.41 Å². The first-order valence-corrected chi connectivity index (χ1v) is 11.4. The monoisotopic (exact) mass is 557 g/mol. The van der Waals surface area contributed by atoms with Crippen LogP contribution in [-0.2, 0) is 27.5 Å². The molecule has 4 rings (SSSR count). The van der Waals surface area contributed by atoms with E-state index in [1.54, 1.807) is 36.4 Å². The first kappa shape index (κ1) is 28.7. The Morgan fingerprint density at radius 2 is 1.72 bits per heavy atom. The van der Waals surface area contributed by atoms with E-state index in [4.69, 9.17) is 29.5 Å². The number of hydrogen-bond donors (Lipinski definition) is 3. The molecule has 39 heavy (non-hydrogen) atoms. The quantitative estimate of drug-likeness (QED) is 0.113. The van der Waals surface area contributed by atoms with Gasteiger partial charge in [0, 0.05) is 12.0 Å². The number of amidine groups is 1. The Labute approximate surface area is 227 Å². The van der Waals surface area contributed by atoms with Gasteiger partial charge in [-0.05, 0) is 48.0 Å². The molecule has 4 aromatic rings. The van der Waals surface area contributed by atoms with Gasteiger partial charge in [0.25, 0.3) is 0 Å². The summed E-state index contributed by atoms with van der Waals surface area (Å²) in [7, 11) is 0. The molecule has 204 valence electrons. The van der Waals surface area contributed by atoms with Crippen LogP contribution in [0.2, 0.25) is 0 Å². The lowest BCUT2D eigenvalue weighted by atomic mass is 10.1. The van der Waals surface area contributed by atoms with E-state index in [1.165, 1.54) is 19.1 Å². The second-order valence-corrected chi connectivity index (χ2v) is 8.16. The number of carbonyl (C=O) groups excluding carboxylic acids is 3. The minimum absolute atomic E-state index is 0. The van der Waals surface area contributed by atoms with E-state index < -0.39 is 23.7 Å². The highest BCUT2D eigenvalue weighted by atomic mass is 35.5. The normalized spacial score (nSPS) is 10.5. The van der Waals surface area contributed by atoms with Crippen molar-refractivity contribution in [2.75, 3.05) is 0 Å². The van der Waals surface area contributed by atoms with Crippen molar-refractivity contribution in [1.82, 2.24) is 5.32 Å². The maximum atomic E-state index is 12.5. The second-order valence-electron chi connectivity index (χ2n) is 8.16. The summed E-state index contributed by atoms with van der Waals surface area (Å²) in [4.78, 5) is 47.3. The van der Waals surface area contributed by atoms with Crippen LogP contribution < -0.4 is 21.6 Å². The summed E-state index contributed by atoms with van der Waals surface area (Å²) in [6.45, 7) is 1.22. The Morgan fingerprint density at radius 1 is 0.974 bits per heavy atom. The average Bonchev–Trinajstić information content (AvgIpc) is 3.50. The van der Waals surface area contributed by atoms with Crippen LogP contribution in [0.15, 0.2) is 66.6 Å². The highest BCUT2D eigenvalue weighted by molar-refractivity contribution is 5.99. The number of halogens is 1. The Hall–Kier alpha value is -4.84. The molecule has 0 unspecified atom stereocenters. The van der Waals surface area contributed by atoms with Crippen molar-refractivity contribution in [3.63, 3.8) is 0 Å². The van der Waals surface area contributed by atoms with E-state index in [-0.39, 0.29) is 61.5 Å². The van der Waals surface area contributed by atoms with Gasteiger partial charge in [-0.15, -0.1) is 12.4 Å². The van der Waals surface area contributed by atoms with Gasteiger partial charge in [-0.25, -0.2) is 9.59 Å². The summed E-state index contributed by atoms with van der Waals surface area (Å²) in [5.74, 6) is -1.84. The molecule has 0 radical (unpaired) electrons. The number of aryl methyl sites for hydroxylation is 1. The van der Waals surface area contributed by atoms with E-state index in [1.807, 2.05) is 0 Å². The molecular weight excluding hydrogens is 534 g/mol. The lowest BCUT2D eigenvalue weighted by Crippen LogP contribution is -2.23. The van der Waals surface area contributed by atoms with Crippen LogP contribution in [-0.4, -0.2) is 23.7 Å². The molecule has 4 N–H and O–H groups in total. The average molecular weight is 558 g/mol. The molecule has 0 atom stereocenters. The van der Waals surface area contributed by atoms with Crippen LogP contribution in [0.3, 0.4) is 0 Å². The minimum Gasteiger partial charge on any atom is -0.457 e. The fourth-order valence-corrected chi connectivity index (χ4v) is 3.41. The fourth-order valence-electron chi connectivity index (χ4n) is 3.41. The molecule has 2 aromatic carbocycles. The van der Waals surface area contributed by atoms with Crippen LogP contribution in [0.1, 0.15) is 46.2 Å². The van der Waals surface area contributed by atoms with Crippen molar-refractivity contribution in [2.45, 2.75) is 32.9 Å². The zero-order valence-corrected chi connectivity index (χ0v) is 21.4. The molecule has 12 nitrogen and oxygen atoms in total. The maximum Gasteiger partial charge on any atom is 0.519 e. The highest BCUT2D eigenvalue weighted by Crippen LogP contribution is 2.23. The van der Waals surface area contributed by atoms with Crippen LogP contribution >= 0.6 is 12.4 Å². The Balaban J connectivity index is 0.00000420. The number of nitrogens with two attached hydrogens (primary N) is 1. The van der Waals surface area contributed by atoms with Crippen LogP contribution in [0.5, 0.6) is 5.75 Å². The molecule has 1 amide bonds. The van der Waals surface area contributed by atoms with Crippen LogP contribution in [0, 0.1) is 12.3 Å². The first-order chi connectivity index (χ1) is 18.2. The zero-order chi connectivity index (χ0) is 27.2. The standard InChI is InChI=1S/C26H23N3O9.ClH/c1-14-21(38-26(33)35-14)13-34-23(31)9-8-22(30)29-12-19-6-7-20(36-19)25(32)37-18-5-4-15-10-17(24(27)28)3-2-16(15)11-18;/h2-7,10-11H,8-9,12-13H2,1H3,(H3,27,28)(H,29,30);1H. The number of esters is 2. The number of furan rings is 1. The van der Waals surface area contributed by atoms with E-state index in [0.29, 0.717) is 17.1 Å². The molecule has 0 bridgehead atoms. The number of amides is 1. The molecular formula is C26H24ClN3O9. The van der Waals surface area contributed by atoms with Crippen molar-refractivity contribution in [3.05, 3.63) is 87.8 Å². The molecule has 0 saturated carbocycles. The summed E-state index contributed by atoms with van der Waals surface area (Å²) in [5, 5.41) is 11.7. The molecule has 0 aliphatic heterocycles. The predicted octanol–water partition coefficient (Wildman–Crippen LogP) is 3.35. The van der Waals surface area contributed by atoms with E-state index in [9.17, 15) is 19.2 Å². The fraction of sp³-hybridized carbons (Fsp3) is 0.192. The van der Waals surface area contributed by atoms with Crippen molar-refractivity contribution in [2.24, 2.45) is 5.73 Å². The minimum atomic E-state index is -0.888. The number of nitrogens with one attached hydrogen (secondary N) is 2. The number of hydrogen-bond acceptors (Lipinski definition) is 10. The van der Waals surface area contributed by atoms with Gasteiger partial charge in [-0.1, -0.05) is 18.2 Å². The van der Waals surface area contributed by atoms with Gasteiger partial charge in [0.1, 0.15) is 17.3 Å². The summed E-state index contributed by atoms with van der Waals surface area (Å²) in [6, 6.07) is 13.2. The van der Waals surface area contributed by atoms with Gasteiger partial charge in [0.15, 0.2) is 18.1 Å². The van der Waals surface area contributed by atoms with E-state index >= 15 is 0 Å². The number of ether oxygens (including phenoxy) is 2. The number of nitrogen functional groups attached to an aromatic ring is 1. The van der Waals surface area contributed by atoms with E-state index in [0.717, 1.165) is 10.8 Å². The lowest BCUT2D eigenvalue weighted by Gasteiger charge is -2.06. The summed E-state index contributed by atoms with van der Waals surface area (Å²) in [5.41, 5.74) is 6.11. The third-order valence-electron chi connectivity index (χ3n) is 5.41. The summed E-state index contributed by atoms with van der Waals surface area (Å²) >= 11 is 0. The number of carbonyl (C=O) groups is 3. The van der Waals surface area contributed by atoms with Crippen molar-refractivity contribution < 1.29 is 37.1 Å². The van der Waals surface area contributed by atoms with Crippen molar-refractivity contribution >= 4 is 46.9 Å². The molecule has 0 aliphatic rings. The topological polar surface area (TPSA) is 188 Å². The van der Waals surface area contributed by atoms with Crippen LogP contribution in [0.4, 0.5) is 0 Å². The molecule has 0 fully saturated rings. The largest absolute Gasteiger partial charge is 0.519 e. The first-order valence-electron chi connectivity index (χ1n) is 11.4. The van der Waals surface area contributed by atoms with Crippen molar-refractivity contribution in [3.8, 4) is 5.75 Å².